The first-order chi connectivity index (χ1) is 5.77. The number of halogens is 1. The molecule has 3 heteroatoms. The molecule has 0 saturated carbocycles. The van der Waals surface area contributed by atoms with Gasteiger partial charge in [0.25, 0.3) is 0 Å². The number of allylic oxidation sites excluding steroid dienone is 3. The van der Waals surface area contributed by atoms with E-state index in [2.05, 4.69) is 5.32 Å². The van der Waals surface area contributed by atoms with Gasteiger partial charge in [0.15, 0.2) is 0 Å². The Hall–Kier alpha value is -1.38. The Bertz CT molecular complexity index is 250. The molecule has 1 heterocycles. The van der Waals surface area contributed by atoms with Gasteiger partial charge in [-0.1, -0.05) is 6.08 Å². The van der Waals surface area contributed by atoms with E-state index in [4.69, 9.17) is 0 Å². The Morgan fingerprint density at radius 3 is 2.83 bits per heavy atom. The Kier molecular flexibility index (Phi) is 2.80. The maximum atomic E-state index is 11.8. The zero-order valence-corrected chi connectivity index (χ0v) is 6.80. The van der Waals surface area contributed by atoms with Gasteiger partial charge in [0.05, 0.1) is 12.8 Å². The van der Waals surface area contributed by atoms with E-state index in [1.807, 2.05) is 6.92 Å². The molecule has 0 unspecified atom stereocenters. The summed E-state index contributed by atoms with van der Waals surface area (Å²) in [5.74, 6) is -0.0869. The Labute approximate surface area is 70.5 Å². The SMILES string of the molecule is C/C=C\C1=C(/C=C/F)CC(=O)N1. The molecule has 0 radical (unpaired) electrons. The smallest absolute Gasteiger partial charge is 0.228 e. The number of carbonyl (C=O) groups excluding carboxylic acids is 1. The first-order valence-electron chi connectivity index (χ1n) is 3.70. The molecule has 0 aliphatic carbocycles. The standard InChI is InChI=1S/C9H10FNO/c1-2-3-8-7(4-5-10)6-9(12)11-8/h2-5H,6H2,1H3,(H,11,12)/b3-2-,5-4+. The van der Waals surface area contributed by atoms with Gasteiger partial charge >= 0.3 is 0 Å². The molecular weight excluding hydrogens is 157 g/mol. The largest absolute Gasteiger partial charge is 0.326 e. The predicted octanol–water partition coefficient (Wildman–Crippen LogP) is 1.82. The second-order valence-corrected chi connectivity index (χ2v) is 2.46. The maximum absolute atomic E-state index is 11.8. The van der Waals surface area contributed by atoms with Crippen molar-refractivity contribution in [2.24, 2.45) is 0 Å². The minimum absolute atomic E-state index is 0.0869. The summed E-state index contributed by atoms with van der Waals surface area (Å²) in [4.78, 5) is 10.9. The normalized spacial score (nSPS) is 18.3. The summed E-state index contributed by atoms with van der Waals surface area (Å²) in [6, 6.07) is 0. The van der Waals surface area contributed by atoms with Gasteiger partial charge in [0, 0.05) is 5.70 Å². The predicted molar refractivity (Wildman–Crippen MR) is 44.8 cm³/mol. The van der Waals surface area contributed by atoms with Crippen molar-refractivity contribution >= 4 is 5.91 Å². The van der Waals surface area contributed by atoms with E-state index in [1.165, 1.54) is 6.08 Å². The van der Waals surface area contributed by atoms with Crippen molar-refractivity contribution in [3.8, 4) is 0 Å². The van der Waals surface area contributed by atoms with Gasteiger partial charge in [-0.2, -0.15) is 0 Å². The lowest BCUT2D eigenvalue weighted by Gasteiger charge is -1.94. The van der Waals surface area contributed by atoms with Crippen LogP contribution < -0.4 is 5.32 Å². The summed E-state index contributed by atoms with van der Waals surface area (Å²) >= 11 is 0. The zero-order valence-electron chi connectivity index (χ0n) is 6.80. The van der Waals surface area contributed by atoms with E-state index < -0.39 is 0 Å². The first-order valence-corrected chi connectivity index (χ1v) is 3.70. The van der Waals surface area contributed by atoms with Crippen molar-refractivity contribution in [1.29, 1.82) is 0 Å². The molecule has 0 bridgehead atoms. The molecule has 0 spiro atoms. The highest BCUT2D eigenvalue weighted by Gasteiger charge is 2.16. The van der Waals surface area contributed by atoms with Crippen LogP contribution in [0.25, 0.3) is 0 Å². The molecule has 12 heavy (non-hydrogen) atoms. The summed E-state index contributed by atoms with van der Waals surface area (Å²) in [7, 11) is 0. The lowest BCUT2D eigenvalue weighted by atomic mass is 10.2. The van der Waals surface area contributed by atoms with Crippen molar-refractivity contribution < 1.29 is 9.18 Å². The molecule has 64 valence electrons. The molecule has 2 nitrogen and oxygen atoms in total. The second kappa shape index (κ2) is 3.85. The second-order valence-electron chi connectivity index (χ2n) is 2.46. The fourth-order valence-electron chi connectivity index (χ4n) is 1.08. The molecule has 1 amide bonds. The van der Waals surface area contributed by atoms with Crippen molar-refractivity contribution in [3.63, 3.8) is 0 Å². The molecular formula is C9H10FNO. The van der Waals surface area contributed by atoms with Crippen molar-refractivity contribution in [2.75, 3.05) is 0 Å². The number of nitrogens with one attached hydrogen (secondary N) is 1. The van der Waals surface area contributed by atoms with Gasteiger partial charge < -0.3 is 5.32 Å². The van der Waals surface area contributed by atoms with Gasteiger partial charge in [0.1, 0.15) is 0 Å². The molecule has 0 aromatic carbocycles. The molecule has 1 aliphatic heterocycles. The van der Waals surface area contributed by atoms with Crippen LogP contribution in [0.5, 0.6) is 0 Å². The number of rotatable bonds is 2. The van der Waals surface area contributed by atoms with E-state index in [0.29, 0.717) is 17.6 Å². The highest BCUT2D eigenvalue weighted by Crippen LogP contribution is 2.16. The topological polar surface area (TPSA) is 29.1 Å². The van der Waals surface area contributed by atoms with Gasteiger partial charge in [-0.05, 0) is 24.6 Å². The molecule has 0 atom stereocenters. The lowest BCUT2D eigenvalue weighted by molar-refractivity contribution is -0.118. The average Bonchev–Trinajstić information content (AvgIpc) is 2.33. The van der Waals surface area contributed by atoms with Crippen LogP contribution in [-0.2, 0) is 4.79 Å². The van der Waals surface area contributed by atoms with Crippen LogP contribution in [0.4, 0.5) is 4.39 Å². The molecule has 0 fully saturated rings. The summed E-state index contributed by atoms with van der Waals surface area (Å²) in [6.45, 7) is 1.84. The summed E-state index contributed by atoms with van der Waals surface area (Å²) in [5, 5.41) is 2.63. The van der Waals surface area contributed by atoms with E-state index in [1.54, 1.807) is 12.2 Å². The van der Waals surface area contributed by atoms with Crippen LogP contribution >= 0.6 is 0 Å². The third-order valence-electron chi connectivity index (χ3n) is 1.57. The lowest BCUT2D eigenvalue weighted by Crippen LogP contribution is -2.13. The molecule has 1 N–H and O–H groups in total. The zero-order chi connectivity index (χ0) is 8.97. The molecule has 0 aromatic heterocycles. The summed E-state index contributed by atoms with van der Waals surface area (Å²) < 4.78 is 11.8. The molecule has 1 rings (SSSR count). The van der Waals surface area contributed by atoms with Crippen molar-refractivity contribution in [1.82, 2.24) is 5.32 Å². The quantitative estimate of drug-likeness (QED) is 0.667. The van der Waals surface area contributed by atoms with Crippen LogP contribution in [0.1, 0.15) is 13.3 Å². The number of carbonyl (C=O) groups is 1. The van der Waals surface area contributed by atoms with Gasteiger partial charge in [0.2, 0.25) is 5.91 Å². The van der Waals surface area contributed by atoms with E-state index >= 15 is 0 Å². The van der Waals surface area contributed by atoms with Crippen LogP contribution in [0, 0.1) is 0 Å². The van der Waals surface area contributed by atoms with Gasteiger partial charge in [-0.25, -0.2) is 4.39 Å². The van der Waals surface area contributed by atoms with Crippen molar-refractivity contribution in [2.45, 2.75) is 13.3 Å². The minimum atomic E-state index is -0.0869. The van der Waals surface area contributed by atoms with Gasteiger partial charge in [-0.3, -0.25) is 4.79 Å². The summed E-state index contributed by atoms with van der Waals surface area (Å²) in [5.41, 5.74) is 1.39. The van der Waals surface area contributed by atoms with E-state index in [0.717, 1.165) is 0 Å². The fraction of sp³-hybridized carbons (Fsp3) is 0.222. The Morgan fingerprint density at radius 2 is 2.25 bits per heavy atom. The third kappa shape index (κ3) is 1.81. The van der Waals surface area contributed by atoms with Gasteiger partial charge in [-0.15, -0.1) is 0 Å². The average molecular weight is 167 g/mol. The van der Waals surface area contributed by atoms with E-state index in [9.17, 15) is 9.18 Å². The summed E-state index contributed by atoms with van der Waals surface area (Å²) in [6.07, 6.45) is 5.56. The van der Waals surface area contributed by atoms with Crippen molar-refractivity contribution in [3.05, 3.63) is 35.8 Å². The van der Waals surface area contributed by atoms with Crippen LogP contribution in [-0.4, -0.2) is 5.91 Å². The number of hydrogen-bond acceptors (Lipinski definition) is 1. The molecule has 0 aromatic rings. The number of amides is 1. The monoisotopic (exact) mass is 167 g/mol. The first kappa shape index (κ1) is 8.71. The highest BCUT2D eigenvalue weighted by atomic mass is 19.1. The minimum Gasteiger partial charge on any atom is -0.326 e. The third-order valence-corrected chi connectivity index (χ3v) is 1.57. The highest BCUT2D eigenvalue weighted by molar-refractivity contribution is 5.85. The Morgan fingerprint density at radius 1 is 1.50 bits per heavy atom. The molecule has 0 saturated heterocycles. The van der Waals surface area contributed by atoms with Crippen LogP contribution in [0.3, 0.4) is 0 Å². The van der Waals surface area contributed by atoms with Crippen LogP contribution in [0.2, 0.25) is 0 Å². The fourth-order valence-corrected chi connectivity index (χ4v) is 1.08. The molecule has 1 aliphatic rings. The number of hydrogen-bond donors (Lipinski definition) is 1. The maximum Gasteiger partial charge on any atom is 0.228 e. The Balaban J connectivity index is 2.87. The van der Waals surface area contributed by atoms with Crippen LogP contribution in [0.15, 0.2) is 35.8 Å². The van der Waals surface area contributed by atoms with E-state index in [-0.39, 0.29) is 12.3 Å².